The Bertz CT molecular complexity index is 519. The first kappa shape index (κ1) is 15.2. The van der Waals surface area contributed by atoms with Gasteiger partial charge in [0.2, 0.25) is 5.91 Å². The Hall–Kier alpha value is -1.70. The molecule has 120 valence electrons. The molecule has 3 rings (SSSR count). The van der Waals surface area contributed by atoms with Crippen LogP contribution in [0.1, 0.15) is 11.8 Å². The molecule has 7 heteroatoms. The van der Waals surface area contributed by atoms with Gasteiger partial charge >= 0.3 is 0 Å². The second-order valence-corrected chi connectivity index (χ2v) is 5.58. The van der Waals surface area contributed by atoms with Gasteiger partial charge in [-0.15, -0.1) is 0 Å². The number of anilines is 1. The van der Waals surface area contributed by atoms with E-state index >= 15 is 0 Å². The molecular formula is C15H22N4O3. The lowest BCUT2D eigenvalue weighted by atomic mass is 10.2. The van der Waals surface area contributed by atoms with Crippen molar-refractivity contribution in [2.75, 3.05) is 58.3 Å². The van der Waals surface area contributed by atoms with E-state index in [9.17, 15) is 4.79 Å². The lowest BCUT2D eigenvalue weighted by Gasteiger charge is -2.35. The minimum atomic E-state index is -0.203. The number of hydrogen-bond donors (Lipinski definition) is 1. The highest BCUT2D eigenvalue weighted by Crippen LogP contribution is 2.21. The van der Waals surface area contributed by atoms with Crippen LogP contribution in [0.4, 0.5) is 5.82 Å². The third-order valence-corrected chi connectivity index (χ3v) is 4.00. The minimum Gasteiger partial charge on any atom is -0.384 e. The lowest BCUT2D eigenvalue weighted by molar-refractivity contribution is -0.141. The molecule has 0 radical (unpaired) electrons. The molecule has 2 aliphatic heterocycles. The summed E-state index contributed by atoms with van der Waals surface area (Å²) in [6.45, 7) is 5.16. The van der Waals surface area contributed by atoms with Gasteiger partial charge in [0.1, 0.15) is 11.9 Å². The third-order valence-electron chi connectivity index (χ3n) is 4.00. The van der Waals surface area contributed by atoms with Crippen LogP contribution in [0, 0.1) is 0 Å². The number of morpholine rings is 2. The Labute approximate surface area is 130 Å². The molecule has 2 aliphatic rings. The van der Waals surface area contributed by atoms with Crippen LogP contribution < -0.4 is 5.73 Å². The van der Waals surface area contributed by atoms with Gasteiger partial charge in [0.15, 0.2) is 0 Å². The standard InChI is InChI=1S/C15H22N4O3/c16-14-3-1-2-12(17-14)13-10-19(6-9-22-13)15(20)11-18-4-7-21-8-5-18/h1-3,13H,4-11H2,(H2,16,17). The average Bonchev–Trinajstić information content (AvgIpc) is 2.56. The summed E-state index contributed by atoms with van der Waals surface area (Å²) in [5.74, 6) is 0.608. The molecule has 22 heavy (non-hydrogen) atoms. The Morgan fingerprint density at radius 1 is 1.27 bits per heavy atom. The van der Waals surface area contributed by atoms with Crippen molar-refractivity contribution in [3.8, 4) is 0 Å². The van der Waals surface area contributed by atoms with Crippen molar-refractivity contribution in [3.05, 3.63) is 23.9 Å². The monoisotopic (exact) mass is 306 g/mol. The number of carbonyl (C=O) groups is 1. The molecule has 0 bridgehead atoms. The number of carbonyl (C=O) groups excluding carboxylic acids is 1. The Balaban J connectivity index is 1.58. The molecule has 0 aliphatic carbocycles. The highest BCUT2D eigenvalue weighted by molar-refractivity contribution is 5.78. The first-order valence-electron chi connectivity index (χ1n) is 7.64. The smallest absolute Gasteiger partial charge is 0.236 e. The van der Waals surface area contributed by atoms with Gasteiger partial charge in [0, 0.05) is 19.6 Å². The van der Waals surface area contributed by atoms with Crippen molar-refractivity contribution in [1.29, 1.82) is 0 Å². The van der Waals surface area contributed by atoms with Crippen molar-refractivity contribution in [1.82, 2.24) is 14.8 Å². The van der Waals surface area contributed by atoms with Gasteiger partial charge in [0.05, 0.1) is 38.6 Å². The first-order valence-corrected chi connectivity index (χ1v) is 7.64. The Kier molecular flexibility index (Phi) is 4.87. The van der Waals surface area contributed by atoms with Gasteiger partial charge in [-0.05, 0) is 12.1 Å². The number of rotatable bonds is 3. The Morgan fingerprint density at radius 3 is 2.86 bits per heavy atom. The summed E-state index contributed by atoms with van der Waals surface area (Å²) in [5, 5.41) is 0. The number of aromatic nitrogens is 1. The zero-order chi connectivity index (χ0) is 15.4. The fourth-order valence-corrected chi connectivity index (χ4v) is 2.75. The van der Waals surface area contributed by atoms with Crippen molar-refractivity contribution in [2.45, 2.75) is 6.10 Å². The molecule has 0 aromatic carbocycles. The van der Waals surface area contributed by atoms with E-state index in [0.717, 1.165) is 18.8 Å². The predicted octanol–water partition coefficient (Wildman–Crippen LogP) is -0.104. The molecular weight excluding hydrogens is 284 g/mol. The molecule has 7 nitrogen and oxygen atoms in total. The van der Waals surface area contributed by atoms with Crippen molar-refractivity contribution >= 4 is 11.7 Å². The van der Waals surface area contributed by atoms with Gasteiger partial charge < -0.3 is 20.1 Å². The van der Waals surface area contributed by atoms with Crippen LogP contribution in [0.25, 0.3) is 0 Å². The number of hydrogen-bond acceptors (Lipinski definition) is 6. The molecule has 1 aromatic rings. The highest BCUT2D eigenvalue weighted by atomic mass is 16.5. The maximum absolute atomic E-state index is 12.5. The quantitative estimate of drug-likeness (QED) is 0.839. The molecule has 1 aromatic heterocycles. The number of nitrogens with zero attached hydrogens (tertiary/aromatic N) is 3. The lowest BCUT2D eigenvalue weighted by Crippen LogP contribution is -2.48. The van der Waals surface area contributed by atoms with Crippen LogP contribution in [0.5, 0.6) is 0 Å². The number of pyridine rings is 1. The van der Waals surface area contributed by atoms with E-state index < -0.39 is 0 Å². The van der Waals surface area contributed by atoms with Crippen LogP contribution in [0.3, 0.4) is 0 Å². The van der Waals surface area contributed by atoms with E-state index in [0.29, 0.717) is 45.3 Å². The summed E-state index contributed by atoms with van der Waals surface area (Å²) in [7, 11) is 0. The van der Waals surface area contributed by atoms with Gasteiger partial charge in [-0.3, -0.25) is 9.69 Å². The van der Waals surface area contributed by atoms with E-state index in [4.69, 9.17) is 15.2 Å². The molecule has 3 heterocycles. The van der Waals surface area contributed by atoms with Crippen LogP contribution in [-0.4, -0.2) is 73.2 Å². The predicted molar refractivity (Wildman–Crippen MR) is 81.2 cm³/mol. The van der Waals surface area contributed by atoms with E-state index in [1.807, 2.05) is 17.0 Å². The highest BCUT2D eigenvalue weighted by Gasteiger charge is 2.27. The summed E-state index contributed by atoms with van der Waals surface area (Å²) in [6, 6.07) is 5.49. The molecule has 2 N–H and O–H groups in total. The van der Waals surface area contributed by atoms with Crippen LogP contribution in [0.15, 0.2) is 18.2 Å². The Morgan fingerprint density at radius 2 is 2.09 bits per heavy atom. The maximum Gasteiger partial charge on any atom is 0.236 e. The van der Waals surface area contributed by atoms with Gasteiger partial charge in [0.25, 0.3) is 0 Å². The second-order valence-electron chi connectivity index (χ2n) is 5.58. The molecule has 1 atom stereocenters. The number of amides is 1. The zero-order valence-corrected chi connectivity index (χ0v) is 12.6. The first-order chi connectivity index (χ1) is 10.7. The molecule has 2 fully saturated rings. The summed E-state index contributed by atoms with van der Waals surface area (Å²) >= 11 is 0. The SMILES string of the molecule is Nc1cccc(C2CN(C(=O)CN3CCOCC3)CCO2)n1. The normalized spacial score (nSPS) is 23.5. The largest absolute Gasteiger partial charge is 0.384 e. The summed E-state index contributed by atoms with van der Waals surface area (Å²) in [5.41, 5.74) is 6.50. The number of ether oxygens (including phenoxy) is 2. The van der Waals surface area contributed by atoms with Gasteiger partial charge in [-0.1, -0.05) is 6.07 Å². The van der Waals surface area contributed by atoms with Gasteiger partial charge in [-0.25, -0.2) is 4.98 Å². The maximum atomic E-state index is 12.5. The van der Waals surface area contributed by atoms with Crippen molar-refractivity contribution < 1.29 is 14.3 Å². The van der Waals surface area contributed by atoms with E-state index in [2.05, 4.69) is 9.88 Å². The fraction of sp³-hybridized carbons (Fsp3) is 0.600. The topological polar surface area (TPSA) is 80.9 Å². The number of nitrogen functional groups attached to an aromatic ring is 1. The molecule has 0 saturated carbocycles. The van der Waals surface area contributed by atoms with Crippen molar-refractivity contribution in [2.24, 2.45) is 0 Å². The summed E-state index contributed by atoms with van der Waals surface area (Å²) in [6.07, 6.45) is -0.203. The van der Waals surface area contributed by atoms with Crippen LogP contribution in [-0.2, 0) is 14.3 Å². The average molecular weight is 306 g/mol. The summed E-state index contributed by atoms with van der Waals surface area (Å²) in [4.78, 5) is 20.7. The van der Waals surface area contributed by atoms with Crippen LogP contribution >= 0.6 is 0 Å². The molecule has 1 unspecified atom stereocenters. The van der Waals surface area contributed by atoms with E-state index in [-0.39, 0.29) is 12.0 Å². The van der Waals surface area contributed by atoms with Crippen molar-refractivity contribution in [3.63, 3.8) is 0 Å². The van der Waals surface area contributed by atoms with Gasteiger partial charge in [-0.2, -0.15) is 0 Å². The molecule has 1 amide bonds. The number of nitrogens with two attached hydrogens (primary N) is 1. The summed E-state index contributed by atoms with van der Waals surface area (Å²) < 4.78 is 11.1. The molecule has 0 spiro atoms. The molecule has 2 saturated heterocycles. The van der Waals surface area contributed by atoms with E-state index in [1.54, 1.807) is 6.07 Å². The third kappa shape index (κ3) is 3.73. The van der Waals surface area contributed by atoms with E-state index in [1.165, 1.54) is 0 Å². The second kappa shape index (κ2) is 7.04. The fourth-order valence-electron chi connectivity index (χ4n) is 2.75. The van der Waals surface area contributed by atoms with Crippen LogP contribution in [0.2, 0.25) is 0 Å². The minimum absolute atomic E-state index is 0.138. The zero-order valence-electron chi connectivity index (χ0n) is 12.6.